The fourth-order valence-corrected chi connectivity index (χ4v) is 0.925. The van der Waals surface area contributed by atoms with E-state index in [1.165, 1.54) is 0 Å². The number of aliphatic hydroxyl groups excluding tert-OH is 1. The van der Waals surface area contributed by atoms with Crippen LogP contribution in [0.3, 0.4) is 0 Å². The van der Waals surface area contributed by atoms with Crippen LogP contribution in [-0.4, -0.2) is 51.9 Å². The number of carbonyl (C=O) groups excluding carboxylic acids is 1. The summed E-state index contributed by atoms with van der Waals surface area (Å²) in [5, 5.41) is 28.0. The van der Waals surface area contributed by atoms with Crippen molar-refractivity contribution in [1.82, 2.24) is 5.32 Å². The van der Waals surface area contributed by atoms with Crippen molar-refractivity contribution in [2.45, 2.75) is 25.0 Å². The van der Waals surface area contributed by atoms with E-state index in [9.17, 15) is 14.4 Å². The second-order valence-corrected chi connectivity index (χ2v) is 3.15. The standard InChI is InChI=1S/C8H14N2O6/c9-3-4(11)1-6(12)10-5(8(15)16)2-7(13)14/h4-5,11H,1-3,9H2,(H,10,12)(H,13,14)(H,15,16). The summed E-state index contributed by atoms with van der Waals surface area (Å²) >= 11 is 0. The molecule has 0 aliphatic rings. The minimum Gasteiger partial charge on any atom is -0.481 e. The number of hydrogen-bond donors (Lipinski definition) is 5. The Hall–Kier alpha value is -1.67. The molecule has 0 aliphatic carbocycles. The van der Waals surface area contributed by atoms with Gasteiger partial charge in [0.15, 0.2) is 0 Å². The van der Waals surface area contributed by atoms with E-state index in [0.29, 0.717) is 0 Å². The first-order valence-electron chi connectivity index (χ1n) is 4.49. The summed E-state index contributed by atoms with van der Waals surface area (Å²) in [6, 6.07) is -1.50. The summed E-state index contributed by atoms with van der Waals surface area (Å²) in [5.74, 6) is -3.54. The Morgan fingerprint density at radius 3 is 2.12 bits per heavy atom. The smallest absolute Gasteiger partial charge is 0.326 e. The summed E-state index contributed by atoms with van der Waals surface area (Å²) in [5.41, 5.74) is 5.05. The normalized spacial score (nSPS) is 13.9. The zero-order chi connectivity index (χ0) is 12.7. The highest BCUT2D eigenvalue weighted by atomic mass is 16.4. The maximum Gasteiger partial charge on any atom is 0.326 e. The van der Waals surface area contributed by atoms with Crippen LogP contribution < -0.4 is 11.1 Å². The second kappa shape index (κ2) is 6.75. The average Bonchev–Trinajstić information content (AvgIpc) is 2.15. The van der Waals surface area contributed by atoms with Crippen molar-refractivity contribution in [1.29, 1.82) is 0 Å². The molecule has 92 valence electrons. The van der Waals surface area contributed by atoms with Gasteiger partial charge in [0.2, 0.25) is 5.91 Å². The average molecular weight is 234 g/mol. The van der Waals surface area contributed by atoms with E-state index in [0.717, 1.165) is 0 Å². The van der Waals surface area contributed by atoms with Crippen LogP contribution in [0.1, 0.15) is 12.8 Å². The zero-order valence-corrected chi connectivity index (χ0v) is 8.42. The van der Waals surface area contributed by atoms with E-state index in [4.69, 9.17) is 21.1 Å². The van der Waals surface area contributed by atoms with E-state index >= 15 is 0 Å². The highest BCUT2D eigenvalue weighted by molar-refractivity contribution is 5.86. The molecule has 0 saturated carbocycles. The molecule has 2 atom stereocenters. The van der Waals surface area contributed by atoms with Crippen molar-refractivity contribution < 1.29 is 29.7 Å². The SMILES string of the molecule is NCC(O)CC(=O)NC(CC(=O)O)C(=O)O. The predicted octanol–water partition coefficient (Wildman–Crippen LogP) is -2.26. The van der Waals surface area contributed by atoms with E-state index < -0.39 is 36.4 Å². The third-order valence-corrected chi connectivity index (χ3v) is 1.71. The van der Waals surface area contributed by atoms with E-state index in [-0.39, 0.29) is 13.0 Å². The molecule has 6 N–H and O–H groups in total. The lowest BCUT2D eigenvalue weighted by Gasteiger charge is -2.13. The number of nitrogens with two attached hydrogens (primary N) is 1. The molecule has 8 heteroatoms. The molecule has 0 fully saturated rings. The van der Waals surface area contributed by atoms with Gasteiger partial charge in [0.25, 0.3) is 0 Å². The number of amides is 1. The molecule has 0 aromatic carbocycles. The number of nitrogens with one attached hydrogen (secondary N) is 1. The molecular formula is C8H14N2O6. The van der Waals surface area contributed by atoms with Gasteiger partial charge in [0.1, 0.15) is 6.04 Å². The van der Waals surface area contributed by atoms with Crippen molar-refractivity contribution in [2.24, 2.45) is 5.73 Å². The maximum absolute atomic E-state index is 11.1. The summed E-state index contributed by atoms with van der Waals surface area (Å²) < 4.78 is 0. The van der Waals surface area contributed by atoms with Gasteiger partial charge in [-0.15, -0.1) is 0 Å². The largest absolute Gasteiger partial charge is 0.481 e. The fourth-order valence-electron chi connectivity index (χ4n) is 0.925. The summed E-state index contributed by atoms with van der Waals surface area (Å²) in [6.45, 7) is -0.135. The van der Waals surface area contributed by atoms with Crippen LogP contribution in [0.25, 0.3) is 0 Å². The van der Waals surface area contributed by atoms with Gasteiger partial charge in [-0.3, -0.25) is 9.59 Å². The van der Waals surface area contributed by atoms with Crippen LogP contribution in [0.2, 0.25) is 0 Å². The van der Waals surface area contributed by atoms with Gasteiger partial charge >= 0.3 is 11.9 Å². The Morgan fingerprint density at radius 2 is 1.75 bits per heavy atom. The first-order valence-corrected chi connectivity index (χ1v) is 4.49. The zero-order valence-electron chi connectivity index (χ0n) is 8.42. The highest BCUT2D eigenvalue weighted by Crippen LogP contribution is 1.96. The molecule has 0 bridgehead atoms. The van der Waals surface area contributed by atoms with Crippen molar-refractivity contribution in [3.05, 3.63) is 0 Å². The fraction of sp³-hybridized carbons (Fsp3) is 0.625. The van der Waals surface area contributed by atoms with E-state index in [1.807, 2.05) is 5.32 Å². The minimum absolute atomic E-state index is 0.135. The number of carboxylic acid groups (broad SMARTS) is 2. The molecule has 1 amide bonds. The lowest BCUT2D eigenvalue weighted by Crippen LogP contribution is -2.43. The van der Waals surface area contributed by atoms with Crippen LogP contribution in [0.15, 0.2) is 0 Å². The monoisotopic (exact) mass is 234 g/mol. The van der Waals surface area contributed by atoms with Crippen LogP contribution >= 0.6 is 0 Å². The Morgan fingerprint density at radius 1 is 1.19 bits per heavy atom. The Labute approximate surface area is 91.1 Å². The number of rotatable bonds is 7. The quantitative estimate of drug-likeness (QED) is 0.333. The highest BCUT2D eigenvalue weighted by Gasteiger charge is 2.23. The van der Waals surface area contributed by atoms with Gasteiger partial charge < -0.3 is 26.4 Å². The van der Waals surface area contributed by atoms with Crippen LogP contribution in [0.4, 0.5) is 0 Å². The van der Waals surface area contributed by atoms with Crippen molar-refractivity contribution >= 4 is 17.8 Å². The van der Waals surface area contributed by atoms with Gasteiger partial charge in [-0.05, 0) is 0 Å². The van der Waals surface area contributed by atoms with Gasteiger partial charge in [-0.25, -0.2) is 4.79 Å². The van der Waals surface area contributed by atoms with Crippen molar-refractivity contribution in [3.63, 3.8) is 0 Å². The Balaban J connectivity index is 4.24. The van der Waals surface area contributed by atoms with Crippen molar-refractivity contribution in [2.75, 3.05) is 6.54 Å². The number of hydrogen-bond acceptors (Lipinski definition) is 5. The molecule has 0 heterocycles. The maximum atomic E-state index is 11.1. The topological polar surface area (TPSA) is 150 Å². The molecular weight excluding hydrogens is 220 g/mol. The van der Waals surface area contributed by atoms with Gasteiger partial charge in [-0.1, -0.05) is 0 Å². The number of carbonyl (C=O) groups is 3. The molecule has 0 spiro atoms. The number of carboxylic acids is 2. The first kappa shape index (κ1) is 14.3. The van der Waals surface area contributed by atoms with Gasteiger partial charge in [0.05, 0.1) is 18.9 Å². The number of aliphatic carboxylic acids is 2. The van der Waals surface area contributed by atoms with Crippen LogP contribution in [-0.2, 0) is 14.4 Å². The molecule has 0 aromatic heterocycles. The molecule has 0 rings (SSSR count). The third kappa shape index (κ3) is 5.94. The number of aliphatic hydroxyl groups is 1. The molecule has 8 nitrogen and oxygen atoms in total. The van der Waals surface area contributed by atoms with Gasteiger partial charge in [0, 0.05) is 6.54 Å². The molecule has 16 heavy (non-hydrogen) atoms. The molecule has 0 aliphatic heterocycles. The van der Waals surface area contributed by atoms with Crippen LogP contribution in [0, 0.1) is 0 Å². The lowest BCUT2D eigenvalue weighted by molar-refractivity contribution is -0.147. The first-order chi connectivity index (χ1) is 7.36. The molecule has 2 unspecified atom stereocenters. The third-order valence-electron chi connectivity index (χ3n) is 1.71. The Kier molecular flexibility index (Phi) is 6.04. The lowest BCUT2D eigenvalue weighted by atomic mass is 10.2. The van der Waals surface area contributed by atoms with Gasteiger partial charge in [-0.2, -0.15) is 0 Å². The summed E-state index contributed by atoms with van der Waals surface area (Å²) in [4.78, 5) is 32.0. The van der Waals surface area contributed by atoms with Crippen molar-refractivity contribution in [3.8, 4) is 0 Å². The summed E-state index contributed by atoms with van der Waals surface area (Å²) in [6.07, 6.45) is -2.15. The molecule has 0 aromatic rings. The Bertz CT molecular complexity index is 280. The molecule has 0 radical (unpaired) electrons. The second-order valence-electron chi connectivity index (χ2n) is 3.15. The minimum atomic E-state index is -1.50. The summed E-state index contributed by atoms with van der Waals surface area (Å²) in [7, 11) is 0. The van der Waals surface area contributed by atoms with E-state index in [1.54, 1.807) is 0 Å². The predicted molar refractivity (Wildman–Crippen MR) is 51.5 cm³/mol. The van der Waals surface area contributed by atoms with E-state index in [2.05, 4.69) is 0 Å². The van der Waals surface area contributed by atoms with Crippen LogP contribution in [0.5, 0.6) is 0 Å². The molecule has 0 saturated heterocycles.